The molecule has 0 spiro atoms. The van der Waals surface area contributed by atoms with Crippen LogP contribution in [0.2, 0.25) is 0 Å². The molecule has 0 aliphatic rings. The third-order valence-corrected chi connectivity index (χ3v) is 1.26. The molecule has 0 aliphatic carbocycles. The van der Waals surface area contributed by atoms with E-state index in [4.69, 9.17) is 9.64 Å². The highest BCUT2D eigenvalue weighted by Crippen LogP contribution is 2.08. The Morgan fingerprint density at radius 1 is 1.35 bits per heavy atom. The number of halogens is 2. The fourth-order valence-electron chi connectivity index (χ4n) is 0.833. The van der Waals surface area contributed by atoms with Crippen molar-refractivity contribution >= 4 is 19.0 Å². The zero-order valence-corrected chi connectivity index (χ0v) is 10.2. The summed E-state index contributed by atoms with van der Waals surface area (Å²) in [5.41, 5.74) is 3.99. The minimum atomic E-state index is -2.58. The zero-order chi connectivity index (χ0) is 13.9. The van der Waals surface area contributed by atoms with Gasteiger partial charge in [-0.3, -0.25) is 4.79 Å². The number of rotatable bonds is 5. The van der Waals surface area contributed by atoms with Gasteiger partial charge in [0.2, 0.25) is 6.91 Å². The molecular weight excluding hydrogens is 235 g/mol. The van der Waals surface area contributed by atoms with E-state index in [1.807, 2.05) is 0 Å². The van der Waals surface area contributed by atoms with Crippen LogP contribution in [-0.2, 0) is 14.3 Å². The van der Waals surface area contributed by atoms with E-state index in [2.05, 4.69) is 10.3 Å². The van der Waals surface area contributed by atoms with E-state index < -0.39 is 12.5 Å². The summed E-state index contributed by atoms with van der Waals surface area (Å²) >= 11 is 0. The van der Waals surface area contributed by atoms with E-state index in [1.54, 1.807) is 20.8 Å². The van der Waals surface area contributed by atoms with Gasteiger partial charge < -0.3 is 18.1 Å². The summed E-state index contributed by atoms with van der Waals surface area (Å²) in [7, 11) is 0. The maximum Gasteiger partial charge on any atom is 0.306 e. The molecule has 0 rings (SSSR count). The molecule has 0 bridgehead atoms. The molecule has 5 nitrogen and oxygen atoms in total. The molecule has 0 unspecified atom stereocenters. The van der Waals surface area contributed by atoms with Crippen LogP contribution < -0.4 is 0 Å². The van der Waals surface area contributed by atoms with Crippen LogP contribution >= 0.6 is 0 Å². The van der Waals surface area contributed by atoms with Crippen molar-refractivity contribution in [3.63, 3.8) is 0 Å². The molecule has 0 atom stereocenters. The average Bonchev–Trinajstić information content (AvgIpc) is 2.17. The zero-order valence-electron chi connectivity index (χ0n) is 10.2. The first kappa shape index (κ1) is 18.0. The number of ether oxygens (including phenoxy) is 2. The van der Waals surface area contributed by atoms with E-state index in [0.29, 0.717) is 12.6 Å². The van der Waals surface area contributed by atoms with Crippen molar-refractivity contribution in [3.8, 4) is 0 Å². The Hall–Kier alpha value is -1.34. The summed E-state index contributed by atoms with van der Waals surface area (Å²) in [6, 6.07) is 0. The second-order valence-corrected chi connectivity index (χ2v) is 4.03. The van der Waals surface area contributed by atoms with Crippen molar-refractivity contribution in [2.24, 2.45) is 0 Å². The molecule has 0 aromatic rings. The first-order valence-corrected chi connectivity index (χ1v) is 4.96. The highest BCUT2D eigenvalue weighted by atomic mass is 19.2. The van der Waals surface area contributed by atoms with Gasteiger partial charge in [-0.15, -0.1) is 0 Å². The Labute approximate surface area is 99.1 Å². The van der Waals surface area contributed by atoms with Crippen molar-refractivity contribution < 1.29 is 22.9 Å². The van der Waals surface area contributed by atoms with Crippen LogP contribution in [0.25, 0.3) is 0 Å². The summed E-state index contributed by atoms with van der Waals surface area (Å²) in [5, 5.41) is 0. The number of hydrogen-bond donors (Lipinski definition) is 1. The van der Waals surface area contributed by atoms with Gasteiger partial charge in [-0.25, -0.2) is 0 Å². The van der Waals surface area contributed by atoms with Crippen LogP contribution in [0.3, 0.4) is 0 Å². The Bertz CT molecular complexity index is 252. The minimum Gasteiger partial charge on any atom is -0.541 e. The summed E-state index contributed by atoms with van der Waals surface area (Å²) in [6.45, 7) is 2.83. The molecule has 0 aromatic carbocycles. The fourth-order valence-corrected chi connectivity index (χ4v) is 0.833. The summed E-state index contributed by atoms with van der Waals surface area (Å²) in [5.74, 6) is -0.344. The molecule has 100 valence electrons. The molecule has 0 aromatic heterocycles. The molecule has 0 radical (unpaired) electrons. The smallest absolute Gasteiger partial charge is 0.306 e. The molecule has 0 fully saturated rings. The standard InChI is InChI=1S/C9H16BF2O3.HNO/c1-9(2,3)15-8(13)5-4-6-14-7-10(11)12;1-2/h7H,4-6H2,1-3H3;1H/q-1;. The van der Waals surface area contributed by atoms with Gasteiger partial charge in [0.1, 0.15) is 5.60 Å². The van der Waals surface area contributed by atoms with E-state index in [-0.39, 0.29) is 19.0 Å². The van der Waals surface area contributed by atoms with Crippen LogP contribution in [0, 0.1) is 10.5 Å². The predicted octanol–water partition coefficient (Wildman–Crippen LogP) is 2.23. The molecule has 8 heteroatoms. The molecule has 0 heterocycles. The highest BCUT2D eigenvalue weighted by Gasteiger charge is 2.15. The Kier molecular flexibility index (Phi) is 10.5. The van der Waals surface area contributed by atoms with Crippen LogP contribution in [0.15, 0.2) is 0 Å². The number of carbonyl (C=O) groups is 1. The molecule has 0 amide bonds. The fraction of sp³-hybridized carbons (Fsp3) is 0.778. The molecule has 0 aliphatic heterocycles. The quantitative estimate of drug-likeness (QED) is 0.352. The maximum absolute atomic E-state index is 11.6. The Morgan fingerprint density at radius 2 is 1.88 bits per heavy atom. The number of hydrogen-bond acceptors (Lipinski definition) is 5. The second kappa shape index (κ2) is 9.86. The number of esters is 1. The van der Waals surface area contributed by atoms with Crippen LogP contribution in [0.5, 0.6) is 0 Å². The first-order chi connectivity index (χ1) is 7.81. The topological polar surface area (TPSA) is 76.5 Å². The first-order valence-electron chi connectivity index (χ1n) is 4.96. The molecule has 0 saturated carbocycles. The van der Waals surface area contributed by atoms with Crippen LogP contribution in [0.4, 0.5) is 8.63 Å². The van der Waals surface area contributed by atoms with Gasteiger partial charge in [0.15, 0.2) is 0 Å². The molecule has 1 N–H and O–H groups in total. The SMILES string of the molecule is CC(C)(C)OC(=O)CCCOC=[B-](F)F.N=O. The van der Waals surface area contributed by atoms with Gasteiger partial charge >= 0.3 is 5.97 Å². The van der Waals surface area contributed by atoms with Crippen molar-refractivity contribution in [2.75, 3.05) is 6.61 Å². The molecule has 0 saturated heterocycles. The number of carbonyl (C=O) groups excluding carboxylic acids is 1. The van der Waals surface area contributed by atoms with Gasteiger partial charge in [0.05, 0.1) is 6.61 Å². The lowest BCUT2D eigenvalue weighted by Crippen LogP contribution is -2.23. The largest absolute Gasteiger partial charge is 0.541 e. The third-order valence-electron chi connectivity index (χ3n) is 1.26. The normalized spacial score (nSPS) is 9.71. The lowest BCUT2D eigenvalue weighted by Gasteiger charge is -2.19. The van der Waals surface area contributed by atoms with Crippen molar-refractivity contribution in [2.45, 2.75) is 39.2 Å². The van der Waals surface area contributed by atoms with Gasteiger partial charge in [0.25, 0.3) is 0 Å². The Morgan fingerprint density at radius 3 is 2.29 bits per heavy atom. The van der Waals surface area contributed by atoms with Crippen molar-refractivity contribution in [1.29, 1.82) is 5.59 Å². The summed E-state index contributed by atoms with van der Waals surface area (Å²) in [4.78, 5) is 18.6. The number of nitrogens with one attached hydrogen (secondary N) is 1. The van der Waals surface area contributed by atoms with Crippen molar-refractivity contribution in [1.82, 2.24) is 0 Å². The maximum atomic E-state index is 11.6. The van der Waals surface area contributed by atoms with E-state index in [1.165, 1.54) is 0 Å². The van der Waals surface area contributed by atoms with E-state index in [0.717, 1.165) is 0 Å². The van der Waals surface area contributed by atoms with E-state index >= 15 is 0 Å². The highest BCUT2D eigenvalue weighted by molar-refractivity contribution is 6.51. The van der Waals surface area contributed by atoms with Gasteiger partial charge in [-0.05, 0) is 27.2 Å². The monoisotopic (exact) mass is 252 g/mol. The summed E-state index contributed by atoms with van der Waals surface area (Å²) in [6.07, 6.45) is 1.00. The summed E-state index contributed by atoms with van der Waals surface area (Å²) < 4.78 is 32.6. The minimum absolute atomic E-state index is 0.101. The van der Waals surface area contributed by atoms with Gasteiger partial charge in [-0.2, -0.15) is 4.91 Å². The average molecular weight is 252 g/mol. The van der Waals surface area contributed by atoms with Gasteiger partial charge in [-0.1, -0.05) is 11.7 Å². The third kappa shape index (κ3) is 17.3. The number of nitroso groups, excluding NO2 is 1. The molecule has 17 heavy (non-hydrogen) atoms. The van der Waals surface area contributed by atoms with Gasteiger partial charge in [0, 0.05) is 6.42 Å². The Balaban J connectivity index is 0. The van der Waals surface area contributed by atoms with Crippen LogP contribution in [-0.4, -0.2) is 31.2 Å². The second-order valence-electron chi connectivity index (χ2n) is 4.03. The van der Waals surface area contributed by atoms with E-state index in [9.17, 15) is 13.4 Å². The predicted molar refractivity (Wildman–Crippen MR) is 61.2 cm³/mol. The van der Waals surface area contributed by atoms with Crippen molar-refractivity contribution in [3.05, 3.63) is 4.91 Å². The lowest BCUT2D eigenvalue weighted by molar-refractivity contribution is -0.155. The van der Waals surface area contributed by atoms with Crippen LogP contribution in [0.1, 0.15) is 33.6 Å². The lowest BCUT2D eigenvalue weighted by atomic mass is 10.2. The molecular formula is C9H17BF2NO4-.